The van der Waals surface area contributed by atoms with E-state index in [4.69, 9.17) is 0 Å². The fourth-order valence-corrected chi connectivity index (χ4v) is 2.80. The predicted molar refractivity (Wildman–Crippen MR) is 68.7 cm³/mol. The van der Waals surface area contributed by atoms with Gasteiger partial charge in [0.2, 0.25) is 0 Å². The molecule has 17 heavy (non-hydrogen) atoms. The Morgan fingerprint density at radius 1 is 1.18 bits per heavy atom. The van der Waals surface area contributed by atoms with Crippen molar-refractivity contribution in [1.29, 1.82) is 0 Å². The van der Waals surface area contributed by atoms with Crippen molar-refractivity contribution in [3.63, 3.8) is 0 Å². The maximum Gasteiger partial charge on any atom is 0.0833 e. The van der Waals surface area contributed by atoms with Crippen LogP contribution in [0.15, 0.2) is 36.5 Å². The molecule has 1 unspecified atom stereocenters. The second-order valence-corrected chi connectivity index (χ2v) is 4.95. The summed E-state index contributed by atoms with van der Waals surface area (Å²) in [7, 11) is 0. The van der Waals surface area contributed by atoms with Gasteiger partial charge in [0.25, 0.3) is 0 Å². The molecule has 2 nitrogen and oxygen atoms in total. The summed E-state index contributed by atoms with van der Waals surface area (Å²) in [6, 6.07) is 10.1. The monoisotopic (exact) mass is 227 g/mol. The summed E-state index contributed by atoms with van der Waals surface area (Å²) in [5.74, 6) is 0.429. The van der Waals surface area contributed by atoms with Crippen LogP contribution in [0.3, 0.4) is 0 Å². The lowest BCUT2D eigenvalue weighted by molar-refractivity contribution is 0.111. The maximum atomic E-state index is 10.3. The van der Waals surface area contributed by atoms with Crippen molar-refractivity contribution in [2.45, 2.75) is 31.8 Å². The molecule has 1 saturated carbocycles. The summed E-state index contributed by atoms with van der Waals surface area (Å²) >= 11 is 0. The van der Waals surface area contributed by atoms with Crippen molar-refractivity contribution in [1.82, 2.24) is 4.98 Å². The SMILES string of the molecule is OC(c1cnc2ccccc2c1)C1CCCC1. The lowest BCUT2D eigenvalue weighted by Crippen LogP contribution is -2.09. The Balaban J connectivity index is 1.94. The van der Waals surface area contributed by atoms with Crippen LogP contribution < -0.4 is 0 Å². The average Bonchev–Trinajstić information content (AvgIpc) is 2.91. The van der Waals surface area contributed by atoms with E-state index in [1.807, 2.05) is 30.5 Å². The Morgan fingerprint density at radius 3 is 2.76 bits per heavy atom. The molecular formula is C15H17NO. The van der Waals surface area contributed by atoms with Gasteiger partial charge in [-0.25, -0.2) is 0 Å². The fraction of sp³-hybridized carbons (Fsp3) is 0.400. The highest BCUT2D eigenvalue weighted by atomic mass is 16.3. The van der Waals surface area contributed by atoms with Gasteiger partial charge in [-0.05, 0) is 36.5 Å². The molecule has 2 aromatic rings. The highest BCUT2D eigenvalue weighted by Gasteiger charge is 2.24. The minimum absolute atomic E-state index is 0.338. The number of aliphatic hydroxyl groups is 1. The third kappa shape index (κ3) is 2.05. The van der Waals surface area contributed by atoms with E-state index in [2.05, 4.69) is 11.1 Å². The van der Waals surface area contributed by atoms with Crippen molar-refractivity contribution < 1.29 is 5.11 Å². The number of para-hydroxylation sites is 1. The smallest absolute Gasteiger partial charge is 0.0833 e. The van der Waals surface area contributed by atoms with E-state index in [9.17, 15) is 5.11 Å². The van der Waals surface area contributed by atoms with Gasteiger partial charge in [0.15, 0.2) is 0 Å². The van der Waals surface area contributed by atoms with Crippen LogP contribution in [-0.2, 0) is 0 Å². The first-order valence-electron chi connectivity index (χ1n) is 6.37. The Bertz CT molecular complexity index is 517. The number of nitrogens with zero attached hydrogens (tertiary/aromatic N) is 1. The zero-order chi connectivity index (χ0) is 11.7. The first-order chi connectivity index (χ1) is 8.34. The Labute approximate surface area is 101 Å². The van der Waals surface area contributed by atoms with Gasteiger partial charge in [0.1, 0.15) is 0 Å². The van der Waals surface area contributed by atoms with E-state index in [1.165, 1.54) is 12.8 Å². The number of aromatic nitrogens is 1. The standard InChI is InChI=1S/C15H17NO/c17-15(11-5-1-2-6-11)13-9-12-7-3-4-8-14(12)16-10-13/h3-4,7-11,15,17H,1-2,5-6H2. The number of rotatable bonds is 2. The molecule has 1 aromatic heterocycles. The molecule has 3 rings (SSSR count). The van der Waals surface area contributed by atoms with Gasteiger partial charge >= 0.3 is 0 Å². The number of benzene rings is 1. The Hall–Kier alpha value is -1.41. The first-order valence-corrected chi connectivity index (χ1v) is 6.37. The second kappa shape index (κ2) is 4.46. The third-order valence-electron chi connectivity index (χ3n) is 3.80. The summed E-state index contributed by atoms with van der Waals surface area (Å²) < 4.78 is 0. The number of hydrogen-bond donors (Lipinski definition) is 1. The molecule has 1 aromatic carbocycles. The highest BCUT2D eigenvalue weighted by Crippen LogP contribution is 2.35. The fourth-order valence-electron chi connectivity index (χ4n) is 2.80. The van der Waals surface area contributed by atoms with Crippen molar-refractivity contribution in [3.8, 4) is 0 Å². The predicted octanol–water partition coefficient (Wildman–Crippen LogP) is 3.46. The molecule has 0 bridgehead atoms. The van der Waals surface area contributed by atoms with Crippen LogP contribution in [0.1, 0.15) is 37.4 Å². The van der Waals surface area contributed by atoms with Gasteiger partial charge < -0.3 is 5.11 Å². The summed E-state index contributed by atoms with van der Waals surface area (Å²) in [6.45, 7) is 0. The minimum Gasteiger partial charge on any atom is -0.388 e. The average molecular weight is 227 g/mol. The van der Waals surface area contributed by atoms with E-state index in [1.54, 1.807) is 0 Å². The molecule has 1 aliphatic rings. The van der Waals surface area contributed by atoms with E-state index in [0.717, 1.165) is 29.3 Å². The zero-order valence-corrected chi connectivity index (χ0v) is 9.84. The highest BCUT2D eigenvalue weighted by molar-refractivity contribution is 5.78. The van der Waals surface area contributed by atoms with Crippen LogP contribution in [0.2, 0.25) is 0 Å². The lowest BCUT2D eigenvalue weighted by atomic mass is 9.95. The van der Waals surface area contributed by atoms with Gasteiger partial charge in [-0.2, -0.15) is 0 Å². The molecule has 2 heteroatoms. The molecule has 88 valence electrons. The molecule has 1 N–H and O–H groups in total. The quantitative estimate of drug-likeness (QED) is 0.852. The van der Waals surface area contributed by atoms with Crippen LogP contribution in [0.5, 0.6) is 0 Å². The second-order valence-electron chi connectivity index (χ2n) is 4.95. The van der Waals surface area contributed by atoms with Gasteiger partial charge in [0, 0.05) is 11.6 Å². The maximum absolute atomic E-state index is 10.3. The molecule has 1 fully saturated rings. The normalized spacial score (nSPS) is 18.6. The van der Waals surface area contributed by atoms with Crippen LogP contribution in [0.4, 0.5) is 0 Å². The van der Waals surface area contributed by atoms with Crippen molar-refractivity contribution >= 4 is 10.9 Å². The van der Waals surface area contributed by atoms with Crippen LogP contribution in [0.25, 0.3) is 10.9 Å². The molecule has 1 heterocycles. The largest absolute Gasteiger partial charge is 0.388 e. The first kappa shape index (κ1) is 10.7. The van der Waals surface area contributed by atoms with E-state index < -0.39 is 0 Å². The topological polar surface area (TPSA) is 33.1 Å². The van der Waals surface area contributed by atoms with Gasteiger partial charge in [-0.3, -0.25) is 4.98 Å². The number of fused-ring (bicyclic) bond motifs is 1. The van der Waals surface area contributed by atoms with E-state index in [0.29, 0.717) is 5.92 Å². The van der Waals surface area contributed by atoms with Crippen molar-refractivity contribution in [2.75, 3.05) is 0 Å². The summed E-state index contributed by atoms with van der Waals surface area (Å²) in [5.41, 5.74) is 1.96. The number of pyridine rings is 1. The summed E-state index contributed by atoms with van der Waals surface area (Å²) in [4.78, 5) is 4.41. The molecule has 0 saturated heterocycles. The molecule has 0 radical (unpaired) electrons. The molecule has 0 aliphatic heterocycles. The molecule has 1 aliphatic carbocycles. The van der Waals surface area contributed by atoms with Gasteiger partial charge in [-0.15, -0.1) is 0 Å². The Kier molecular flexibility index (Phi) is 2.81. The third-order valence-corrected chi connectivity index (χ3v) is 3.80. The van der Waals surface area contributed by atoms with Crippen molar-refractivity contribution in [3.05, 3.63) is 42.1 Å². The zero-order valence-electron chi connectivity index (χ0n) is 9.84. The number of aliphatic hydroxyl groups excluding tert-OH is 1. The molecule has 1 atom stereocenters. The number of hydrogen-bond acceptors (Lipinski definition) is 2. The van der Waals surface area contributed by atoms with Crippen LogP contribution >= 0.6 is 0 Å². The molecule has 0 spiro atoms. The molecular weight excluding hydrogens is 210 g/mol. The summed E-state index contributed by atoms with van der Waals surface area (Å²) in [5, 5.41) is 11.5. The van der Waals surface area contributed by atoms with E-state index in [-0.39, 0.29) is 6.10 Å². The minimum atomic E-state index is -0.338. The van der Waals surface area contributed by atoms with E-state index >= 15 is 0 Å². The van der Waals surface area contributed by atoms with Gasteiger partial charge in [-0.1, -0.05) is 31.0 Å². The van der Waals surface area contributed by atoms with Crippen LogP contribution in [0, 0.1) is 5.92 Å². The molecule has 0 amide bonds. The van der Waals surface area contributed by atoms with Crippen LogP contribution in [-0.4, -0.2) is 10.1 Å². The summed E-state index contributed by atoms with van der Waals surface area (Å²) in [6.07, 6.45) is 6.29. The Morgan fingerprint density at radius 2 is 1.94 bits per heavy atom. The van der Waals surface area contributed by atoms with Crippen molar-refractivity contribution in [2.24, 2.45) is 5.92 Å². The van der Waals surface area contributed by atoms with Gasteiger partial charge in [0.05, 0.1) is 11.6 Å². The lowest BCUT2D eigenvalue weighted by Gasteiger charge is -2.17.